The lowest BCUT2D eigenvalue weighted by Crippen LogP contribution is -2.65. The zero-order chi connectivity index (χ0) is 20.3. The monoisotopic (exact) mass is 411 g/mol. The maximum atomic E-state index is 14.2. The second kappa shape index (κ2) is 6.19. The number of pyridine rings is 1. The first-order valence-corrected chi connectivity index (χ1v) is 9.86. The Morgan fingerprint density at radius 3 is 2.86 bits per heavy atom. The van der Waals surface area contributed by atoms with E-state index in [0.29, 0.717) is 39.7 Å². The molecule has 1 amide bonds. The van der Waals surface area contributed by atoms with Gasteiger partial charge in [0.05, 0.1) is 22.5 Å². The summed E-state index contributed by atoms with van der Waals surface area (Å²) in [5, 5.41) is 2.73. The Morgan fingerprint density at radius 1 is 1.31 bits per heavy atom. The maximum absolute atomic E-state index is 14.2. The van der Waals surface area contributed by atoms with E-state index in [-0.39, 0.29) is 17.1 Å². The fourth-order valence-electron chi connectivity index (χ4n) is 3.50. The molecule has 0 atom stereocenters. The van der Waals surface area contributed by atoms with Crippen molar-refractivity contribution in [2.24, 2.45) is 5.73 Å². The van der Waals surface area contributed by atoms with Crippen LogP contribution < -0.4 is 16.0 Å². The number of amides is 1. The van der Waals surface area contributed by atoms with Crippen LogP contribution in [0.15, 0.2) is 30.7 Å². The molecule has 3 N–H and O–H groups in total. The van der Waals surface area contributed by atoms with Crippen LogP contribution in [0.4, 0.5) is 15.9 Å². The van der Waals surface area contributed by atoms with E-state index in [2.05, 4.69) is 25.2 Å². The lowest BCUT2D eigenvalue weighted by atomic mass is 9.94. The van der Waals surface area contributed by atoms with E-state index in [1.807, 2.05) is 6.92 Å². The van der Waals surface area contributed by atoms with Crippen molar-refractivity contribution < 1.29 is 9.18 Å². The van der Waals surface area contributed by atoms with Crippen molar-refractivity contribution in [3.05, 3.63) is 47.1 Å². The predicted molar refractivity (Wildman–Crippen MR) is 110 cm³/mol. The summed E-state index contributed by atoms with van der Waals surface area (Å²) in [6.45, 7) is 5.21. The van der Waals surface area contributed by atoms with E-state index in [1.54, 1.807) is 36.0 Å². The molecule has 4 aromatic heterocycles. The minimum atomic E-state index is -0.498. The Labute approximate surface area is 169 Å². The molecule has 0 saturated carbocycles. The first-order chi connectivity index (χ1) is 13.8. The number of imidazole rings is 1. The highest BCUT2D eigenvalue weighted by atomic mass is 32.1. The van der Waals surface area contributed by atoms with Crippen LogP contribution in [0, 0.1) is 12.7 Å². The lowest BCUT2D eigenvalue weighted by Gasteiger charge is -2.45. The fourth-order valence-corrected chi connectivity index (χ4v) is 4.37. The number of nitrogens with two attached hydrogens (primary N) is 1. The molecule has 0 radical (unpaired) electrons. The summed E-state index contributed by atoms with van der Waals surface area (Å²) in [6, 6.07) is 2.95. The number of hydrogen-bond acceptors (Lipinski definition) is 7. The fraction of sp³-hybridized carbons (Fsp3) is 0.263. The number of nitrogens with zero attached hydrogens (tertiary/aromatic N) is 5. The first-order valence-electron chi connectivity index (χ1n) is 9.04. The molecular weight excluding hydrogens is 393 g/mol. The van der Waals surface area contributed by atoms with Gasteiger partial charge in [-0.25, -0.2) is 19.3 Å². The highest BCUT2D eigenvalue weighted by Crippen LogP contribution is 2.29. The van der Waals surface area contributed by atoms with Crippen LogP contribution in [0.3, 0.4) is 0 Å². The number of carbonyl (C=O) groups excluding carboxylic acids is 1. The average molecular weight is 411 g/mol. The van der Waals surface area contributed by atoms with Gasteiger partial charge in [-0.2, -0.15) is 0 Å². The summed E-state index contributed by atoms with van der Waals surface area (Å²) < 4.78 is 15.8. The van der Waals surface area contributed by atoms with Gasteiger partial charge in [-0.3, -0.25) is 4.79 Å². The van der Waals surface area contributed by atoms with E-state index in [0.717, 1.165) is 5.82 Å². The number of aryl methyl sites for hydroxylation is 1. The van der Waals surface area contributed by atoms with Crippen LogP contribution >= 0.6 is 11.3 Å². The number of thiophene rings is 1. The SMILES string of the molecule is Cc1cn2cc(NC(=O)c3cc4ncc(N5CC(C)(N)C5)nc4s3)cc(F)c2n1. The zero-order valence-electron chi connectivity index (χ0n) is 15.8. The van der Waals surface area contributed by atoms with Gasteiger partial charge in [0, 0.05) is 37.1 Å². The quantitative estimate of drug-likeness (QED) is 0.537. The van der Waals surface area contributed by atoms with Gasteiger partial charge < -0.3 is 20.4 Å². The number of carbonyl (C=O) groups is 1. The Bertz CT molecular complexity index is 1270. The van der Waals surface area contributed by atoms with Gasteiger partial charge in [0.1, 0.15) is 16.2 Å². The van der Waals surface area contributed by atoms with Gasteiger partial charge in [-0.05, 0) is 19.9 Å². The molecular formula is C19H18FN7OS. The van der Waals surface area contributed by atoms with E-state index >= 15 is 0 Å². The van der Waals surface area contributed by atoms with E-state index < -0.39 is 5.82 Å². The second-order valence-corrected chi connectivity index (χ2v) is 8.71. The van der Waals surface area contributed by atoms with Crippen molar-refractivity contribution in [3.8, 4) is 0 Å². The zero-order valence-corrected chi connectivity index (χ0v) is 16.6. The highest BCUT2D eigenvalue weighted by molar-refractivity contribution is 7.20. The van der Waals surface area contributed by atoms with Crippen LogP contribution in [0.25, 0.3) is 16.0 Å². The minimum Gasteiger partial charge on any atom is -0.351 e. The summed E-state index contributed by atoms with van der Waals surface area (Å²) in [4.78, 5) is 29.0. The molecule has 0 aliphatic carbocycles. The Kier molecular flexibility index (Phi) is 3.83. The Balaban J connectivity index is 1.39. The third kappa shape index (κ3) is 3.19. The summed E-state index contributed by atoms with van der Waals surface area (Å²) in [6.07, 6.45) is 5.02. The number of anilines is 2. The molecule has 0 bridgehead atoms. The first kappa shape index (κ1) is 18.0. The molecule has 4 aromatic rings. The van der Waals surface area contributed by atoms with Crippen molar-refractivity contribution in [2.45, 2.75) is 19.4 Å². The summed E-state index contributed by atoms with van der Waals surface area (Å²) in [5.74, 6) is -0.0932. The van der Waals surface area contributed by atoms with Crippen LogP contribution in [-0.4, -0.2) is 43.9 Å². The van der Waals surface area contributed by atoms with Crippen molar-refractivity contribution in [3.63, 3.8) is 0 Å². The summed E-state index contributed by atoms with van der Waals surface area (Å²) in [7, 11) is 0. The third-order valence-corrected chi connectivity index (χ3v) is 5.78. The minimum absolute atomic E-state index is 0.207. The topological polar surface area (TPSA) is 101 Å². The third-order valence-electron chi connectivity index (χ3n) is 4.77. The van der Waals surface area contributed by atoms with Crippen molar-refractivity contribution in [1.29, 1.82) is 0 Å². The number of halogens is 1. The molecule has 1 fully saturated rings. The van der Waals surface area contributed by atoms with Crippen molar-refractivity contribution in [1.82, 2.24) is 19.4 Å². The molecule has 0 unspecified atom stereocenters. The molecule has 1 aliphatic heterocycles. The molecule has 0 aromatic carbocycles. The van der Waals surface area contributed by atoms with Gasteiger partial charge in [-0.1, -0.05) is 0 Å². The Morgan fingerprint density at radius 2 is 2.10 bits per heavy atom. The van der Waals surface area contributed by atoms with Gasteiger partial charge in [0.15, 0.2) is 11.5 Å². The smallest absolute Gasteiger partial charge is 0.265 e. The molecule has 5 heterocycles. The molecule has 1 aliphatic rings. The van der Waals surface area contributed by atoms with Crippen LogP contribution in [-0.2, 0) is 0 Å². The van der Waals surface area contributed by atoms with Crippen LogP contribution in [0.2, 0.25) is 0 Å². The second-order valence-electron chi connectivity index (χ2n) is 7.68. The largest absolute Gasteiger partial charge is 0.351 e. The van der Waals surface area contributed by atoms with E-state index in [9.17, 15) is 9.18 Å². The molecule has 148 valence electrons. The van der Waals surface area contributed by atoms with Crippen molar-refractivity contribution >= 4 is 44.7 Å². The Hall–Kier alpha value is -3.11. The summed E-state index contributed by atoms with van der Waals surface area (Å²) in [5.41, 5.74) is 7.76. The van der Waals surface area contributed by atoms with Gasteiger partial charge in [-0.15, -0.1) is 11.3 Å². The highest BCUT2D eigenvalue weighted by Gasteiger charge is 2.35. The molecule has 5 rings (SSSR count). The van der Waals surface area contributed by atoms with Gasteiger partial charge >= 0.3 is 0 Å². The predicted octanol–water partition coefficient (Wildman–Crippen LogP) is 2.58. The van der Waals surface area contributed by atoms with Crippen molar-refractivity contribution in [2.75, 3.05) is 23.3 Å². The number of rotatable bonds is 3. The van der Waals surface area contributed by atoms with E-state index in [4.69, 9.17) is 5.73 Å². The van der Waals surface area contributed by atoms with E-state index in [1.165, 1.54) is 17.4 Å². The number of nitrogens with one attached hydrogen (secondary N) is 1. The van der Waals surface area contributed by atoms with Gasteiger partial charge in [0.2, 0.25) is 0 Å². The maximum Gasteiger partial charge on any atom is 0.265 e. The average Bonchev–Trinajstić information content (AvgIpc) is 3.22. The van der Waals surface area contributed by atoms with Crippen LogP contribution in [0.5, 0.6) is 0 Å². The molecule has 29 heavy (non-hydrogen) atoms. The molecule has 8 nitrogen and oxygen atoms in total. The summed E-state index contributed by atoms with van der Waals surface area (Å²) >= 11 is 1.25. The number of fused-ring (bicyclic) bond motifs is 2. The lowest BCUT2D eigenvalue weighted by molar-refractivity contribution is 0.103. The number of aromatic nitrogens is 4. The van der Waals surface area contributed by atoms with Crippen LogP contribution in [0.1, 0.15) is 22.3 Å². The molecule has 1 saturated heterocycles. The molecule has 10 heteroatoms. The normalized spacial score (nSPS) is 15.7. The van der Waals surface area contributed by atoms with Gasteiger partial charge in [0.25, 0.3) is 5.91 Å². The molecule has 0 spiro atoms. The number of hydrogen-bond donors (Lipinski definition) is 2. The standard InChI is InChI=1S/C19H18FN7OS/c1-10-6-26-7-11(3-12(20)16(26)23-10)24-17(28)14-4-13-18(29-14)25-15(5-22-13)27-8-19(2,21)9-27/h3-7H,8-9,21H2,1-2H3,(H,24,28).